The van der Waals surface area contributed by atoms with Crippen molar-refractivity contribution in [1.29, 1.82) is 0 Å². The molecule has 0 spiro atoms. The Hall–Kier alpha value is -0.630. The lowest BCUT2D eigenvalue weighted by Gasteiger charge is -2.34. The van der Waals surface area contributed by atoms with Gasteiger partial charge >= 0.3 is 11.2 Å². The molecule has 0 radical (unpaired) electrons. The topological polar surface area (TPSA) is 57.2 Å². The van der Waals surface area contributed by atoms with Crippen LogP contribution in [0.2, 0.25) is 0 Å². The largest absolute Gasteiger partial charge is 0.743 e. The number of halogens is 4. The normalized spacial score (nSPS) is 23.4. The highest BCUT2D eigenvalue weighted by molar-refractivity contribution is 7.86. The molecule has 0 saturated heterocycles. The maximum absolute atomic E-state index is 13.2. The van der Waals surface area contributed by atoms with Crippen LogP contribution in [0.15, 0.2) is 12.2 Å². The molecule has 0 aliphatic heterocycles. The van der Waals surface area contributed by atoms with Crippen LogP contribution in [0.5, 0.6) is 0 Å². The molecule has 1 aliphatic rings. The fraction of sp³-hybridized carbons (Fsp3) is 0.750. The molecule has 1 unspecified atom stereocenters. The van der Waals surface area contributed by atoms with Crippen LogP contribution in [0.1, 0.15) is 19.3 Å². The van der Waals surface area contributed by atoms with Crippen LogP contribution < -0.4 is 0 Å². The van der Waals surface area contributed by atoms with Gasteiger partial charge in [0.2, 0.25) is 0 Å². The van der Waals surface area contributed by atoms with Gasteiger partial charge in [-0.3, -0.25) is 0 Å². The van der Waals surface area contributed by atoms with E-state index < -0.39 is 27.2 Å². The molecule has 0 aromatic heterocycles. The molecular weight excluding hydrogens is 252 g/mol. The second-order valence-electron chi connectivity index (χ2n) is 3.58. The van der Waals surface area contributed by atoms with Gasteiger partial charge in [0.15, 0.2) is 10.1 Å². The standard InChI is InChI=1S/C8H10F4O3S/c9-7(10,6-4-2-1-3-5-6)8(11,12)16(13,14)15/h1-2,6H,3-5H2,(H,13,14,15)/p-1. The van der Waals surface area contributed by atoms with Crippen molar-refractivity contribution < 1.29 is 30.5 Å². The molecular formula is C8H9F4O3S-. The van der Waals surface area contributed by atoms with Gasteiger partial charge < -0.3 is 4.55 Å². The number of alkyl halides is 4. The zero-order chi connectivity index (χ0) is 12.6. The van der Waals surface area contributed by atoms with E-state index in [4.69, 9.17) is 0 Å². The van der Waals surface area contributed by atoms with E-state index in [0.29, 0.717) is 0 Å². The van der Waals surface area contributed by atoms with E-state index in [1.165, 1.54) is 12.2 Å². The lowest BCUT2D eigenvalue weighted by Crippen LogP contribution is -2.51. The molecule has 0 amide bonds. The zero-order valence-electron chi connectivity index (χ0n) is 8.00. The quantitative estimate of drug-likeness (QED) is 0.444. The number of rotatable bonds is 3. The molecule has 0 saturated carbocycles. The third-order valence-electron chi connectivity index (χ3n) is 2.48. The molecule has 16 heavy (non-hydrogen) atoms. The third-order valence-corrected chi connectivity index (χ3v) is 3.38. The van der Waals surface area contributed by atoms with Gasteiger partial charge in [0.25, 0.3) is 0 Å². The predicted octanol–water partition coefficient (Wildman–Crippen LogP) is 2.12. The lowest BCUT2D eigenvalue weighted by molar-refractivity contribution is -0.194. The molecule has 1 aliphatic carbocycles. The highest BCUT2D eigenvalue weighted by Crippen LogP contribution is 2.47. The van der Waals surface area contributed by atoms with Crippen molar-refractivity contribution in [3.63, 3.8) is 0 Å². The molecule has 0 N–H and O–H groups in total. The molecule has 0 bridgehead atoms. The third kappa shape index (κ3) is 2.08. The lowest BCUT2D eigenvalue weighted by atomic mass is 9.88. The Balaban J connectivity index is 3.05. The van der Waals surface area contributed by atoms with E-state index >= 15 is 0 Å². The Bertz CT molecular complexity index is 388. The molecule has 94 valence electrons. The number of allylic oxidation sites excluding steroid dienone is 2. The molecule has 0 aromatic rings. The van der Waals surface area contributed by atoms with E-state index in [1.54, 1.807) is 0 Å². The van der Waals surface area contributed by atoms with E-state index in [0.717, 1.165) is 0 Å². The minimum absolute atomic E-state index is 0.162. The summed E-state index contributed by atoms with van der Waals surface area (Å²) >= 11 is 0. The summed E-state index contributed by atoms with van der Waals surface area (Å²) in [5, 5.41) is -5.56. The first-order valence-corrected chi connectivity index (χ1v) is 5.87. The van der Waals surface area contributed by atoms with Gasteiger partial charge in [-0.15, -0.1) is 0 Å². The first-order valence-electron chi connectivity index (χ1n) is 4.47. The molecule has 3 nitrogen and oxygen atoms in total. The first kappa shape index (κ1) is 13.4. The van der Waals surface area contributed by atoms with Crippen molar-refractivity contribution in [3.05, 3.63) is 12.2 Å². The summed E-state index contributed by atoms with van der Waals surface area (Å²) in [4.78, 5) is 0. The summed E-state index contributed by atoms with van der Waals surface area (Å²) in [6.07, 6.45) is 2.34. The van der Waals surface area contributed by atoms with Crippen LogP contribution in [0.3, 0.4) is 0 Å². The Morgan fingerprint density at radius 3 is 2.12 bits per heavy atom. The Kier molecular flexibility index (Phi) is 3.35. The SMILES string of the molecule is O=S(=O)([O-])C(F)(F)C(F)(F)C1CC=CCC1. The van der Waals surface area contributed by atoms with Crippen LogP contribution in [-0.2, 0) is 10.1 Å². The average Bonchev–Trinajstić information content (AvgIpc) is 2.17. The van der Waals surface area contributed by atoms with Gasteiger partial charge in [-0.2, -0.15) is 17.6 Å². The van der Waals surface area contributed by atoms with Gasteiger partial charge in [0, 0.05) is 5.92 Å². The summed E-state index contributed by atoms with van der Waals surface area (Å²) in [6, 6.07) is 0. The van der Waals surface area contributed by atoms with Crippen molar-refractivity contribution in [2.24, 2.45) is 5.92 Å². The number of hydrogen-bond acceptors (Lipinski definition) is 3. The fourth-order valence-electron chi connectivity index (χ4n) is 1.53. The number of hydrogen-bond donors (Lipinski definition) is 0. The molecule has 0 aromatic carbocycles. The first-order chi connectivity index (χ1) is 7.11. The monoisotopic (exact) mass is 261 g/mol. The molecule has 8 heteroatoms. The van der Waals surface area contributed by atoms with E-state index in [2.05, 4.69) is 0 Å². The Morgan fingerprint density at radius 2 is 1.75 bits per heavy atom. The molecule has 1 rings (SSSR count). The zero-order valence-corrected chi connectivity index (χ0v) is 8.81. The maximum atomic E-state index is 13.2. The summed E-state index contributed by atoms with van der Waals surface area (Å²) in [7, 11) is -6.37. The van der Waals surface area contributed by atoms with Crippen molar-refractivity contribution >= 4 is 10.1 Å². The predicted molar refractivity (Wildman–Crippen MR) is 46.1 cm³/mol. The van der Waals surface area contributed by atoms with Crippen molar-refractivity contribution in [2.45, 2.75) is 30.4 Å². The fourth-order valence-corrected chi connectivity index (χ4v) is 2.03. The van der Waals surface area contributed by atoms with Crippen molar-refractivity contribution in [1.82, 2.24) is 0 Å². The van der Waals surface area contributed by atoms with E-state index in [9.17, 15) is 30.5 Å². The van der Waals surface area contributed by atoms with Crippen LogP contribution in [0.4, 0.5) is 17.6 Å². The molecule has 0 heterocycles. The molecule has 0 fully saturated rings. The van der Waals surface area contributed by atoms with Gasteiger partial charge in [-0.05, 0) is 19.3 Å². The Labute approximate surface area is 89.9 Å². The smallest absolute Gasteiger partial charge is 0.396 e. The van der Waals surface area contributed by atoms with Crippen LogP contribution in [-0.4, -0.2) is 24.1 Å². The van der Waals surface area contributed by atoms with Gasteiger partial charge in [0.05, 0.1) is 0 Å². The summed E-state index contributed by atoms with van der Waals surface area (Å²) in [6.45, 7) is 0. The minimum Gasteiger partial charge on any atom is -0.743 e. The van der Waals surface area contributed by atoms with Gasteiger partial charge in [-0.1, -0.05) is 12.2 Å². The second-order valence-corrected chi connectivity index (χ2v) is 5.00. The summed E-state index contributed by atoms with van der Waals surface area (Å²) in [5.74, 6) is -6.66. The molecule has 1 atom stereocenters. The maximum Gasteiger partial charge on any atom is 0.396 e. The van der Waals surface area contributed by atoms with Crippen molar-refractivity contribution in [3.8, 4) is 0 Å². The van der Waals surface area contributed by atoms with E-state index in [-0.39, 0.29) is 19.3 Å². The Morgan fingerprint density at radius 1 is 1.19 bits per heavy atom. The highest BCUT2D eigenvalue weighted by atomic mass is 32.2. The van der Waals surface area contributed by atoms with Gasteiger partial charge in [0.1, 0.15) is 0 Å². The van der Waals surface area contributed by atoms with Gasteiger partial charge in [-0.25, -0.2) is 8.42 Å². The average molecular weight is 261 g/mol. The van der Waals surface area contributed by atoms with Crippen LogP contribution >= 0.6 is 0 Å². The second kappa shape index (κ2) is 3.99. The van der Waals surface area contributed by atoms with Crippen molar-refractivity contribution in [2.75, 3.05) is 0 Å². The van der Waals surface area contributed by atoms with Crippen LogP contribution in [0.25, 0.3) is 0 Å². The van der Waals surface area contributed by atoms with Crippen LogP contribution in [0, 0.1) is 5.92 Å². The highest BCUT2D eigenvalue weighted by Gasteiger charge is 2.64. The summed E-state index contributed by atoms with van der Waals surface area (Å²) in [5.41, 5.74) is 0. The summed E-state index contributed by atoms with van der Waals surface area (Å²) < 4.78 is 82.5. The van der Waals surface area contributed by atoms with E-state index in [1.807, 2.05) is 0 Å². The minimum atomic E-state index is -6.37.